The fraction of sp³-hybridized carbons (Fsp3) is 0.143. The van der Waals surface area contributed by atoms with Crippen LogP contribution in [-0.2, 0) is 5.75 Å². The summed E-state index contributed by atoms with van der Waals surface area (Å²) in [5.41, 5.74) is 0.997. The van der Waals surface area contributed by atoms with Crippen molar-refractivity contribution >= 4 is 23.1 Å². The fourth-order valence-electron chi connectivity index (χ4n) is 1.66. The summed E-state index contributed by atoms with van der Waals surface area (Å²) < 4.78 is 10.5. The van der Waals surface area contributed by atoms with E-state index >= 15 is 0 Å². The number of hydrogen-bond donors (Lipinski definition) is 0. The minimum Gasteiger partial charge on any atom is -0.497 e. The van der Waals surface area contributed by atoms with Crippen LogP contribution in [0.1, 0.15) is 5.89 Å². The summed E-state index contributed by atoms with van der Waals surface area (Å²) in [6.45, 7) is 0. The van der Waals surface area contributed by atoms with Crippen molar-refractivity contribution in [1.82, 2.24) is 10.1 Å². The first-order valence-electron chi connectivity index (χ1n) is 5.97. The Balaban J connectivity index is 1.66. The Morgan fingerprint density at radius 1 is 1.35 bits per heavy atom. The van der Waals surface area contributed by atoms with Gasteiger partial charge in [0.2, 0.25) is 11.7 Å². The van der Waals surface area contributed by atoms with Crippen LogP contribution < -0.4 is 4.74 Å². The number of nitrogens with zero attached hydrogens (tertiary/aromatic N) is 2. The van der Waals surface area contributed by atoms with Gasteiger partial charge in [-0.15, -0.1) is 11.8 Å². The molecule has 102 valence electrons. The number of rotatable bonds is 5. The lowest BCUT2D eigenvalue weighted by atomic mass is 10.3. The largest absolute Gasteiger partial charge is 0.497 e. The smallest absolute Gasteiger partial charge is 0.237 e. The first kappa shape index (κ1) is 13.2. The van der Waals surface area contributed by atoms with Gasteiger partial charge in [-0.05, 0) is 29.6 Å². The molecule has 0 fully saturated rings. The average Bonchev–Trinajstić information content (AvgIpc) is 3.16. The summed E-state index contributed by atoms with van der Waals surface area (Å²) in [7, 11) is 1.66. The SMILES string of the molecule is COc1cccc(SCc2nc(-c3ccsc3)no2)c1. The van der Waals surface area contributed by atoms with Gasteiger partial charge in [0.25, 0.3) is 0 Å². The third-order valence-corrected chi connectivity index (χ3v) is 4.31. The maximum atomic E-state index is 5.26. The predicted molar refractivity (Wildman–Crippen MR) is 80.2 cm³/mol. The highest BCUT2D eigenvalue weighted by molar-refractivity contribution is 7.98. The van der Waals surface area contributed by atoms with E-state index in [1.807, 2.05) is 41.1 Å². The summed E-state index contributed by atoms with van der Waals surface area (Å²) in [6, 6.07) is 9.88. The summed E-state index contributed by atoms with van der Waals surface area (Å²) >= 11 is 3.26. The molecule has 0 saturated heterocycles. The molecular weight excluding hydrogens is 292 g/mol. The van der Waals surface area contributed by atoms with E-state index in [9.17, 15) is 0 Å². The van der Waals surface area contributed by atoms with Crippen LogP contribution in [0.15, 0.2) is 50.5 Å². The van der Waals surface area contributed by atoms with Gasteiger partial charge in [-0.2, -0.15) is 16.3 Å². The van der Waals surface area contributed by atoms with Crippen molar-refractivity contribution < 1.29 is 9.26 Å². The molecule has 0 saturated carbocycles. The quantitative estimate of drug-likeness (QED) is 0.664. The molecule has 0 radical (unpaired) electrons. The summed E-state index contributed by atoms with van der Waals surface area (Å²) in [6.07, 6.45) is 0. The van der Waals surface area contributed by atoms with Crippen LogP contribution in [0.4, 0.5) is 0 Å². The first-order valence-corrected chi connectivity index (χ1v) is 7.90. The lowest BCUT2D eigenvalue weighted by Gasteiger charge is -2.02. The highest BCUT2D eigenvalue weighted by Gasteiger charge is 2.09. The number of benzene rings is 1. The van der Waals surface area contributed by atoms with Crippen LogP contribution in [0.3, 0.4) is 0 Å². The lowest BCUT2D eigenvalue weighted by molar-refractivity contribution is 0.391. The van der Waals surface area contributed by atoms with E-state index < -0.39 is 0 Å². The van der Waals surface area contributed by atoms with Crippen LogP contribution >= 0.6 is 23.1 Å². The Morgan fingerprint density at radius 2 is 2.30 bits per heavy atom. The zero-order chi connectivity index (χ0) is 13.8. The van der Waals surface area contributed by atoms with Gasteiger partial charge in [0.05, 0.1) is 12.9 Å². The Labute approximate surface area is 124 Å². The zero-order valence-electron chi connectivity index (χ0n) is 10.8. The van der Waals surface area contributed by atoms with Crippen molar-refractivity contribution in [2.45, 2.75) is 10.6 Å². The molecule has 20 heavy (non-hydrogen) atoms. The monoisotopic (exact) mass is 304 g/mol. The average molecular weight is 304 g/mol. The van der Waals surface area contributed by atoms with Crippen LogP contribution in [0, 0.1) is 0 Å². The minimum atomic E-state index is 0.624. The van der Waals surface area contributed by atoms with Gasteiger partial charge in [0.15, 0.2) is 0 Å². The number of aromatic nitrogens is 2. The number of thiophene rings is 1. The normalized spacial score (nSPS) is 10.7. The molecule has 0 aliphatic rings. The molecule has 3 aromatic rings. The van der Waals surface area contributed by atoms with Gasteiger partial charge < -0.3 is 9.26 Å². The molecule has 2 aromatic heterocycles. The molecule has 0 N–H and O–H groups in total. The van der Waals surface area contributed by atoms with E-state index in [0.717, 1.165) is 16.2 Å². The molecule has 0 aliphatic heterocycles. The van der Waals surface area contributed by atoms with E-state index in [-0.39, 0.29) is 0 Å². The van der Waals surface area contributed by atoms with Crippen LogP contribution in [0.25, 0.3) is 11.4 Å². The third kappa shape index (κ3) is 3.02. The van der Waals surface area contributed by atoms with Crippen molar-refractivity contribution in [3.63, 3.8) is 0 Å². The second kappa shape index (κ2) is 6.11. The molecule has 4 nitrogen and oxygen atoms in total. The highest BCUT2D eigenvalue weighted by Crippen LogP contribution is 2.26. The summed E-state index contributed by atoms with van der Waals surface area (Å²) in [5, 5.41) is 7.99. The van der Waals surface area contributed by atoms with Gasteiger partial charge >= 0.3 is 0 Å². The lowest BCUT2D eigenvalue weighted by Crippen LogP contribution is -1.84. The van der Waals surface area contributed by atoms with Gasteiger partial charge in [-0.1, -0.05) is 11.2 Å². The molecule has 2 heterocycles. The van der Waals surface area contributed by atoms with Gasteiger partial charge in [0.1, 0.15) is 5.75 Å². The zero-order valence-corrected chi connectivity index (χ0v) is 12.4. The molecule has 0 aliphatic carbocycles. The Hall–Kier alpha value is -1.79. The first-order chi connectivity index (χ1) is 9.85. The van der Waals surface area contributed by atoms with Crippen molar-refractivity contribution in [2.75, 3.05) is 7.11 Å². The minimum absolute atomic E-state index is 0.624. The molecule has 0 atom stereocenters. The maximum Gasteiger partial charge on any atom is 0.237 e. The van der Waals surface area contributed by atoms with Gasteiger partial charge in [-0.25, -0.2) is 0 Å². The molecule has 6 heteroatoms. The predicted octanol–water partition coefficient (Wildman–Crippen LogP) is 4.10. The van der Waals surface area contributed by atoms with Crippen LogP contribution in [-0.4, -0.2) is 17.3 Å². The standard InChI is InChI=1S/C14H12N2O2S2/c1-17-11-3-2-4-12(7-11)20-9-13-15-14(16-18-13)10-5-6-19-8-10/h2-8H,9H2,1H3. The molecule has 0 unspecified atom stereocenters. The Kier molecular flexibility index (Phi) is 4.03. The van der Waals surface area contributed by atoms with E-state index in [4.69, 9.17) is 9.26 Å². The number of thioether (sulfide) groups is 1. The third-order valence-electron chi connectivity index (χ3n) is 2.65. The number of ether oxygens (including phenoxy) is 1. The van der Waals surface area contributed by atoms with Gasteiger partial charge in [-0.3, -0.25) is 0 Å². The van der Waals surface area contributed by atoms with Crippen LogP contribution in [0.2, 0.25) is 0 Å². The fourth-order valence-corrected chi connectivity index (χ4v) is 3.07. The Bertz CT molecular complexity index is 680. The van der Waals surface area contributed by atoms with E-state index in [2.05, 4.69) is 10.1 Å². The van der Waals surface area contributed by atoms with Gasteiger partial charge in [0, 0.05) is 15.8 Å². The van der Waals surface area contributed by atoms with E-state index in [0.29, 0.717) is 17.5 Å². The topological polar surface area (TPSA) is 48.2 Å². The second-order valence-electron chi connectivity index (χ2n) is 3.99. The molecule has 0 spiro atoms. The maximum absolute atomic E-state index is 5.26. The van der Waals surface area contributed by atoms with Crippen molar-refractivity contribution in [1.29, 1.82) is 0 Å². The highest BCUT2D eigenvalue weighted by atomic mass is 32.2. The summed E-state index contributed by atoms with van der Waals surface area (Å²) in [4.78, 5) is 5.50. The Morgan fingerprint density at radius 3 is 3.10 bits per heavy atom. The van der Waals surface area contributed by atoms with Crippen molar-refractivity contribution in [3.8, 4) is 17.1 Å². The molecule has 1 aromatic carbocycles. The molecule has 3 rings (SSSR count). The number of methoxy groups -OCH3 is 1. The molecule has 0 amide bonds. The molecule has 0 bridgehead atoms. The number of hydrogen-bond acceptors (Lipinski definition) is 6. The van der Waals surface area contributed by atoms with Crippen molar-refractivity contribution in [3.05, 3.63) is 47.0 Å². The molecular formula is C14H12N2O2S2. The van der Waals surface area contributed by atoms with E-state index in [1.54, 1.807) is 30.2 Å². The van der Waals surface area contributed by atoms with Crippen molar-refractivity contribution in [2.24, 2.45) is 0 Å². The summed E-state index contributed by atoms with van der Waals surface area (Å²) in [5.74, 6) is 2.76. The second-order valence-corrected chi connectivity index (χ2v) is 5.82. The van der Waals surface area contributed by atoms with Crippen LogP contribution in [0.5, 0.6) is 5.75 Å². The van der Waals surface area contributed by atoms with E-state index in [1.165, 1.54) is 0 Å².